The van der Waals surface area contributed by atoms with E-state index in [1.54, 1.807) is 48.5 Å². The number of halogens is 3. The summed E-state index contributed by atoms with van der Waals surface area (Å²) in [6, 6.07) is 13.7. The van der Waals surface area contributed by atoms with Gasteiger partial charge in [0.25, 0.3) is 5.91 Å². The normalized spacial score (nSPS) is 10.9. The molecule has 0 bridgehead atoms. The maximum Gasteiger partial charge on any atom is 0.256 e. The summed E-state index contributed by atoms with van der Waals surface area (Å²) in [5, 5.41) is 4.20. The minimum atomic E-state index is -0.299. The van der Waals surface area contributed by atoms with E-state index in [0.29, 0.717) is 43.4 Å². The van der Waals surface area contributed by atoms with Crippen molar-refractivity contribution in [1.82, 2.24) is 15.0 Å². The molecule has 0 aliphatic rings. The van der Waals surface area contributed by atoms with Crippen molar-refractivity contribution in [3.05, 3.63) is 75.4 Å². The van der Waals surface area contributed by atoms with E-state index in [0.717, 1.165) is 5.52 Å². The summed E-state index contributed by atoms with van der Waals surface area (Å²) in [5.74, 6) is 0.652. The first-order valence-corrected chi connectivity index (χ1v) is 9.02. The molecule has 1 amide bonds. The van der Waals surface area contributed by atoms with Gasteiger partial charge in [0.05, 0.1) is 31.7 Å². The molecule has 0 atom stereocenters. The Hall–Kier alpha value is -2.60. The Bertz CT molecular complexity index is 1140. The number of amides is 1. The fourth-order valence-corrected chi connectivity index (χ4v) is 3.32. The number of hydrogen-bond acceptors (Lipinski definition) is 3. The van der Waals surface area contributed by atoms with E-state index in [1.807, 2.05) is 0 Å². The predicted molar refractivity (Wildman–Crippen MR) is 109 cm³/mol. The number of carbonyl (C=O) groups excluding carboxylic acids is 1. The first-order chi connectivity index (χ1) is 13.0. The van der Waals surface area contributed by atoms with E-state index in [1.165, 1.54) is 6.20 Å². The molecule has 0 aliphatic heterocycles. The number of pyridine rings is 1. The molecule has 0 saturated carbocycles. The number of H-pyrrole nitrogens is 1. The second-order valence-corrected chi connectivity index (χ2v) is 6.98. The molecule has 27 heavy (non-hydrogen) atoms. The number of imidazole rings is 1. The third kappa shape index (κ3) is 3.62. The Balaban J connectivity index is 1.66. The van der Waals surface area contributed by atoms with Crippen LogP contribution in [-0.4, -0.2) is 20.9 Å². The van der Waals surface area contributed by atoms with Crippen LogP contribution in [0.15, 0.2) is 54.7 Å². The molecule has 0 fully saturated rings. The Morgan fingerprint density at radius 1 is 1.00 bits per heavy atom. The molecule has 4 rings (SSSR count). The molecule has 8 heteroatoms. The molecule has 0 aliphatic carbocycles. The number of carbonyl (C=O) groups is 1. The zero-order valence-electron chi connectivity index (χ0n) is 13.6. The number of benzene rings is 2. The van der Waals surface area contributed by atoms with Crippen molar-refractivity contribution in [2.75, 3.05) is 5.32 Å². The largest absolute Gasteiger partial charge is 0.338 e. The lowest BCUT2D eigenvalue weighted by atomic mass is 10.2. The summed E-state index contributed by atoms with van der Waals surface area (Å²) in [6.45, 7) is 0. The molecule has 5 nitrogen and oxygen atoms in total. The molecule has 134 valence electrons. The Kier molecular flexibility index (Phi) is 4.74. The van der Waals surface area contributed by atoms with Crippen LogP contribution in [0.25, 0.3) is 22.4 Å². The topological polar surface area (TPSA) is 70.7 Å². The summed E-state index contributed by atoms with van der Waals surface area (Å²) >= 11 is 18.3. The number of nitrogens with zero attached hydrogens (tertiary/aromatic N) is 2. The van der Waals surface area contributed by atoms with Crippen LogP contribution in [0.3, 0.4) is 0 Å². The summed E-state index contributed by atoms with van der Waals surface area (Å²) in [6.07, 6.45) is 1.47. The number of anilines is 1. The first-order valence-electron chi connectivity index (χ1n) is 7.88. The molecule has 2 aromatic heterocycles. The van der Waals surface area contributed by atoms with Crippen molar-refractivity contribution in [3.8, 4) is 11.4 Å². The van der Waals surface area contributed by atoms with Gasteiger partial charge < -0.3 is 10.3 Å². The van der Waals surface area contributed by atoms with E-state index in [-0.39, 0.29) is 5.91 Å². The van der Waals surface area contributed by atoms with E-state index in [4.69, 9.17) is 34.8 Å². The molecule has 4 aromatic rings. The standard InChI is InChI=1S/C19H11Cl3N4O/c20-11-5-7-16(23-9-11)26-19(27)10-4-6-14-15(8-10)25-18(24-14)17-12(21)2-1-3-13(17)22/h1-9H,(H,24,25)(H,23,26,27). The van der Waals surface area contributed by atoms with E-state index >= 15 is 0 Å². The van der Waals surface area contributed by atoms with Crippen LogP contribution in [-0.2, 0) is 0 Å². The highest BCUT2D eigenvalue weighted by Crippen LogP contribution is 2.33. The molecule has 2 N–H and O–H groups in total. The lowest BCUT2D eigenvalue weighted by molar-refractivity contribution is 0.102. The second kappa shape index (κ2) is 7.19. The monoisotopic (exact) mass is 416 g/mol. The number of aromatic amines is 1. The fraction of sp³-hybridized carbons (Fsp3) is 0. The number of fused-ring (bicyclic) bond motifs is 1. The van der Waals surface area contributed by atoms with Gasteiger partial charge in [-0.2, -0.15) is 0 Å². The zero-order valence-corrected chi connectivity index (χ0v) is 15.9. The van der Waals surface area contributed by atoms with Gasteiger partial charge in [0, 0.05) is 11.8 Å². The number of nitrogens with one attached hydrogen (secondary N) is 2. The predicted octanol–water partition coefficient (Wildman–Crippen LogP) is 5.84. The summed E-state index contributed by atoms with van der Waals surface area (Å²) in [5.41, 5.74) is 2.45. The summed E-state index contributed by atoms with van der Waals surface area (Å²) in [4.78, 5) is 24.2. The van der Waals surface area contributed by atoms with Gasteiger partial charge in [0.1, 0.15) is 11.6 Å². The first kappa shape index (κ1) is 17.8. The fourth-order valence-electron chi connectivity index (χ4n) is 2.63. The van der Waals surface area contributed by atoms with Crippen LogP contribution < -0.4 is 5.32 Å². The third-order valence-corrected chi connectivity index (χ3v) is 4.77. The van der Waals surface area contributed by atoms with Gasteiger partial charge >= 0.3 is 0 Å². The third-order valence-electron chi connectivity index (χ3n) is 3.91. The Morgan fingerprint density at radius 2 is 1.78 bits per heavy atom. The van der Waals surface area contributed by atoms with Crippen molar-refractivity contribution < 1.29 is 4.79 Å². The summed E-state index contributed by atoms with van der Waals surface area (Å²) in [7, 11) is 0. The highest BCUT2D eigenvalue weighted by atomic mass is 35.5. The average Bonchev–Trinajstić information content (AvgIpc) is 3.06. The molecule has 0 saturated heterocycles. The van der Waals surface area contributed by atoms with Crippen molar-refractivity contribution in [2.24, 2.45) is 0 Å². The van der Waals surface area contributed by atoms with Crippen LogP contribution in [0, 0.1) is 0 Å². The molecular weight excluding hydrogens is 407 g/mol. The number of hydrogen-bond donors (Lipinski definition) is 2. The molecular formula is C19H11Cl3N4O. The van der Waals surface area contributed by atoms with Crippen LogP contribution in [0.2, 0.25) is 15.1 Å². The molecule has 0 radical (unpaired) electrons. The van der Waals surface area contributed by atoms with Gasteiger partial charge in [-0.3, -0.25) is 4.79 Å². The smallest absolute Gasteiger partial charge is 0.256 e. The zero-order chi connectivity index (χ0) is 19.0. The van der Waals surface area contributed by atoms with E-state index in [2.05, 4.69) is 20.3 Å². The van der Waals surface area contributed by atoms with Gasteiger partial charge in [-0.1, -0.05) is 40.9 Å². The van der Waals surface area contributed by atoms with Gasteiger partial charge in [0.2, 0.25) is 0 Å². The molecule has 0 spiro atoms. The maximum absolute atomic E-state index is 12.5. The van der Waals surface area contributed by atoms with Crippen molar-refractivity contribution in [2.45, 2.75) is 0 Å². The highest BCUT2D eigenvalue weighted by molar-refractivity contribution is 6.39. The van der Waals surface area contributed by atoms with Crippen molar-refractivity contribution in [1.29, 1.82) is 0 Å². The minimum Gasteiger partial charge on any atom is -0.338 e. The summed E-state index contributed by atoms with van der Waals surface area (Å²) < 4.78 is 0. The lowest BCUT2D eigenvalue weighted by Crippen LogP contribution is -2.12. The van der Waals surface area contributed by atoms with Gasteiger partial charge in [-0.05, 0) is 42.5 Å². The van der Waals surface area contributed by atoms with Crippen LogP contribution >= 0.6 is 34.8 Å². The van der Waals surface area contributed by atoms with Gasteiger partial charge in [-0.15, -0.1) is 0 Å². The molecule has 0 unspecified atom stereocenters. The van der Waals surface area contributed by atoms with Crippen molar-refractivity contribution in [3.63, 3.8) is 0 Å². The Labute approximate surface area is 169 Å². The lowest BCUT2D eigenvalue weighted by Gasteiger charge is -2.04. The quantitative estimate of drug-likeness (QED) is 0.440. The highest BCUT2D eigenvalue weighted by Gasteiger charge is 2.14. The SMILES string of the molecule is O=C(Nc1ccc(Cl)cn1)c1ccc2[nH]c(-c3c(Cl)cccc3Cl)nc2c1. The van der Waals surface area contributed by atoms with Crippen molar-refractivity contribution >= 4 is 57.6 Å². The number of aromatic nitrogens is 3. The van der Waals surface area contributed by atoms with Crippen LogP contribution in [0.4, 0.5) is 5.82 Å². The van der Waals surface area contributed by atoms with Gasteiger partial charge in [0.15, 0.2) is 0 Å². The maximum atomic E-state index is 12.5. The Morgan fingerprint density at radius 3 is 2.48 bits per heavy atom. The second-order valence-electron chi connectivity index (χ2n) is 5.73. The van der Waals surface area contributed by atoms with E-state index < -0.39 is 0 Å². The van der Waals surface area contributed by atoms with Crippen LogP contribution in [0.1, 0.15) is 10.4 Å². The molecule has 2 aromatic carbocycles. The van der Waals surface area contributed by atoms with E-state index in [9.17, 15) is 4.79 Å². The average molecular weight is 418 g/mol. The molecule has 2 heterocycles. The number of rotatable bonds is 3. The van der Waals surface area contributed by atoms with Gasteiger partial charge in [-0.25, -0.2) is 9.97 Å². The van der Waals surface area contributed by atoms with Crippen LogP contribution in [0.5, 0.6) is 0 Å². The minimum absolute atomic E-state index is 0.299.